The van der Waals surface area contributed by atoms with Gasteiger partial charge in [0.1, 0.15) is 17.8 Å². The van der Waals surface area contributed by atoms with Crippen molar-refractivity contribution in [2.45, 2.75) is 77.7 Å². The van der Waals surface area contributed by atoms with Crippen molar-refractivity contribution in [3.8, 4) is 11.5 Å². The summed E-state index contributed by atoms with van der Waals surface area (Å²) in [5.41, 5.74) is 0.0417. The topological polar surface area (TPSA) is 88.1 Å². The second-order valence-corrected chi connectivity index (χ2v) is 9.59. The number of rotatable bonds is 12. The molecule has 1 fully saturated rings. The summed E-state index contributed by atoms with van der Waals surface area (Å²) in [4.78, 5) is 33.9. The fraction of sp³-hybridized carbons (Fsp3) is 0.607. The summed E-state index contributed by atoms with van der Waals surface area (Å²) in [5, 5.41) is 0. The van der Waals surface area contributed by atoms with Gasteiger partial charge in [-0.1, -0.05) is 6.58 Å². The molecule has 7 nitrogen and oxygen atoms in total. The number of carbonyl (C=O) groups excluding carboxylic acids is 3. The molecule has 0 unspecified atom stereocenters. The molecular formula is C28H42O7. The lowest BCUT2D eigenvalue weighted by Gasteiger charge is -2.23. The number of hydrogen-bond donors (Lipinski definition) is 0. The first-order chi connectivity index (χ1) is 16.7. The van der Waals surface area contributed by atoms with Crippen molar-refractivity contribution in [2.75, 3.05) is 20.3 Å². The number of carbonyl (C=O) groups is 3. The first kappa shape index (κ1) is 30.4. The number of esters is 2. The Balaban J connectivity index is 0.000000905. The van der Waals surface area contributed by atoms with Crippen LogP contribution in [0.25, 0.3) is 0 Å². The van der Waals surface area contributed by atoms with Crippen LogP contribution in [0, 0.1) is 11.8 Å². The molecule has 0 bridgehead atoms. The van der Waals surface area contributed by atoms with E-state index in [0.717, 1.165) is 50.6 Å². The van der Waals surface area contributed by atoms with E-state index in [1.807, 2.05) is 20.8 Å². The van der Waals surface area contributed by atoms with E-state index in [-0.39, 0.29) is 29.4 Å². The zero-order valence-corrected chi connectivity index (χ0v) is 21.8. The van der Waals surface area contributed by atoms with Gasteiger partial charge in [-0.05, 0) is 96.4 Å². The van der Waals surface area contributed by atoms with Gasteiger partial charge in [0.2, 0.25) is 0 Å². The van der Waals surface area contributed by atoms with Crippen molar-refractivity contribution in [2.24, 2.45) is 11.8 Å². The molecule has 0 spiro atoms. The summed E-state index contributed by atoms with van der Waals surface area (Å²) >= 11 is 0. The Kier molecular flexibility index (Phi) is 14.6. The molecule has 0 N–H and O–H groups in total. The average molecular weight is 491 g/mol. The predicted octanol–water partition coefficient (Wildman–Crippen LogP) is 5.70. The van der Waals surface area contributed by atoms with Crippen molar-refractivity contribution < 1.29 is 33.3 Å². The first-order valence-corrected chi connectivity index (χ1v) is 12.4. The van der Waals surface area contributed by atoms with Gasteiger partial charge in [-0.15, -0.1) is 0 Å². The number of methoxy groups -OCH3 is 1. The summed E-state index contributed by atoms with van der Waals surface area (Å²) in [6, 6.07) is 7.05. The Bertz CT molecular complexity index is 757. The zero-order chi connectivity index (χ0) is 26.1. The first-order valence-electron chi connectivity index (χ1n) is 12.4. The molecule has 1 aliphatic carbocycles. The Labute approximate surface area is 210 Å². The standard InChI is InChI=1S/C23H30O6.C5H12O/c1-2-22(25)28-16-6-4-3-5-15-27-20-11-13-21(14-12-20)29-23(26)19-9-7-18(17-24)8-10-19;1-5(2,3)6-4/h2,11-14,17-19H,1,3-10,15-16H2;1-4H3. The third kappa shape index (κ3) is 14.4. The van der Waals surface area contributed by atoms with E-state index in [0.29, 0.717) is 31.8 Å². The number of ether oxygens (including phenoxy) is 4. The quantitative estimate of drug-likeness (QED) is 0.122. The van der Waals surface area contributed by atoms with Crippen molar-refractivity contribution in [3.05, 3.63) is 36.9 Å². The van der Waals surface area contributed by atoms with Gasteiger partial charge < -0.3 is 23.7 Å². The van der Waals surface area contributed by atoms with Crippen LogP contribution >= 0.6 is 0 Å². The number of unbranched alkanes of at least 4 members (excludes halogenated alkanes) is 3. The highest BCUT2D eigenvalue weighted by Gasteiger charge is 2.27. The molecule has 0 radical (unpaired) electrons. The largest absolute Gasteiger partial charge is 0.494 e. The minimum atomic E-state index is -0.382. The Morgan fingerprint density at radius 3 is 2.00 bits per heavy atom. The molecule has 2 rings (SSSR count). The monoisotopic (exact) mass is 490 g/mol. The fourth-order valence-electron chi connectivity index (χ4n) is 3.27. The zero-order valence-electron chi connectivity index (χ0n) is 21.8. The van der Waals surface area contributed by atoms with Crippen LogP contribution in [0.15, 0.2) is 36.9 Å². The molecule has 1 aliphatic rings. The Morgan fingerprint density at radius 2 is 1.49 bits per heavy atom. The molecule has 7 heteroatoms. The van der Waals surface area contributed by atoms with Gasteiger partial charge in [0, 0.05) is 19.1 Å². The summed E-state index contributed by atoms with van der Waals surface area (Å²) in [5.74, 6) is 0.604. The summed E-state index contributed by atoms with van der Waals surface area (Å²) in [7, 11) is 1.71. The van der Waals surface area contributed by atoms with E-state index in [9.17, 15) is 14.4 Å². The second-order valence-electron chi connectivity index (χ2n) is 9.59. The van der Waals surface area contributed by atoms with Crippen LogP contribution in [-0.2, 0) is 23.9 Å². The Morgan fingerprint density at radius 1 is 0.943 bits per heavy atom. The molecule has 0 aliphatic heterocycles. The van der Waals surface area contributed by atoms with Crippen molar-refractivity contribution in [1.29, 1.82) is 0 Å². The van der Waals surface area contributed by atoms with Gasteiger partial charge in [-0.25, -0.2) is 4.79 Å². The van der Waals surface area contributed by atoms with Crippen LogP contribution in [-0.4, -0.2) is 44.1 Å². The average Bonchev–Trinajstić information content (AvgIpc) is 2.86. The molecule has 0 amide bonds. The van der Waals surface area contributed by atoms with Gasteiger partial charge in [-0.3, -0.25) is 4.79 Å². The van der Waals surface area contributed by atoms with Crippen molar-refractivity contribution >= 4 is 18.2 Å². The summed E-state index contributed by atoms with van der Waals surface area (Å²) < 4.78 is 21.0. The maximum Gasteiger partial charge on any atom is 0.330 e. The summed E-state index contributed by atoms with van der Waals surface area (Å²) in [6.07, 6.45) is 8.80. The molecule has 0 aromatic heterocycles. The van der Waals surface area contributed by atoms with Crippen molar-refractivity contribution in [3.63, 3.8) is 0 Å². The molecule has 196 valence electrons. The highest BCUT2D eigenvalue weighted by Crippen LogP contribution is 2.29. The van der Waals surface area contributed by atoms with Gasteiger partial charge in [0.25, 0.3) is 0 Å². The second kappa shape index (κ2) is 16.9. The van der Waals surface area contributed by atoms with Crippen molar-refractivity contribution in [1.82, 2.24) is 0 Å². The highest BCUT2D eigenvalue weighted by molar-refractivity contribution is 5.81. The fourth-order valence-corrected chi connectivity index (χ4v) is 3.27. The van der Waals surface area contributed by atoms with E-state index in [1.54, 1.807) is 31.4 Å². The van der Waals surface area contributed by atoms with E-state index < -0.39 is 0 Å². The maximum atomic E-state index is 12.2. The lowest BCUT2D eigenvalue weighted by atomic mass is 9.83. The lowest BCUT2D eigenvalue weighted by Crippen LogP contribution is -2.26. The van der Waals surface area contributed by atoms with Crippen LogP contribution in [0.4, 0.5) is 0 Å². The minimum Gasteiger partial charge on any atom is -0.494 e. The van der Waals surface area contributed by atoms with E-state index >= 15 is 0 Å². The molecule has 1 aromatic rings. The van der Waals surface area contributed by atoms with Crippen LogP contribution in [0.2, 0.25) is 0 Å². The van der Waals surface area contributed by atoms with E-state index in [2.05, 4.69) is 6.58 Å². The third-order valence-corrected chi connectivity index (χ3v) is 5.67. The van der Waals surface area contributed by atoms with E-state index in [4.69, 9.17) is 18.9 Å². The normalized spacial score (nSPS) is 17.4. The van der Waals surface area contributed by atoms with Crippen LogP contribution in [0.3, 0.4) is 0 Å². The van der Waals surface area contributed by atoms with Crippen LogP contribution < -0.4 is 9.47 Å². The Hall–Kier alpha value is -2.67. The molecule has 1 saturated carbocycles. The molecule has 0 saturated heterocycles. The predicted molar refractivity (Wildman–Crippen MR) is 135 cm³/mol. The number of benzene rings is 1. The smallest absolute Gasteiger partial charge is 0.330 e. The van der Waals surface area contributed by atoms with Gasteiger partial charge in [0.15, 0.2) is 0 Å². The molecule has 0 atom stereocenters. The molecular weight excluding hydrogens is 448 g/mol. The highest BCUT2D eigenvalue weighted by atomic mass is 16.5. The van der Waals surface area contributed by atoms with Crippen LogP contribution in [0.5, 0.6) is 11.5 Å². The molecule has 1 aromatic carbocycles. The molecule has 0 heterocycles. The maximum absolute atomic E-state index is 12.2. The SMILES string of the molecule is C=CC(=O)OCCCCCCOc1ccc(OC(=O)C2CCC(C=O)CC2)cc1.COC(C)(C)C. The van der Waals surface area contributed by atoms with E-state index in [1.165, 1.54) is 6.08 Å². The van der Waals surface area contributed by atoms with Gasteiger partial charge >= 0.3 is 11.9 Å². The van der Waals surface area contributed by atoms with Gasteiger partial charge in [-0.2, -0.15) is 0 Å². The van der Waals surface area contributed by atoms with Crippen LogP contribution in [0.1, 0.15) is 72.1 Å². The molecule has 35 heavy (non-hydrogen) atoms. The lowest BCUT2D eigenvalue weighted by molar-refractivity contribution is -0.140. The van der Waals surface area contributed by atoms with Gasteiger partial charge in [0.05, 0.1) is 24.7 Å². The summed E-state index contributed by atoms with van der Waals surface area (Å²) in [6.45, 7) is 10.4. The third-order valence-electron chi connectivity index (χ3n) is 5.67. The minimum absolute atomic E-state index is 0.0417. The number of hydrogen-bond acceptors (Lipinski definition) is 7. The number of aldehydes is 1.